The third-order valence-corrected chi connectivity index (χ3v) is 0.552. The van der Waals surface area contributed by atoms with Crippen molar-refractivity contribution < 1.29 is 0 Å². The van der Waals surface area contributed by atoms with Gasteiger partial charge in [0, 0.05) is 0 Å². The summed E-state index contributed by atoms with van der Waals surface area (Å²) in [6.45, 7) is 0. The molecule has 0 amide bonds. The molecule has 0 aromatic heterocycles. The van der Waals surface area contributed by atoms with Crippen LogP contribution in [-0.2, 0) is 0 Å². The minimum Gasteiger partial charge on any atom is -0.280 e. The highest BCUT2D eigenvalue weighted by molar-refractivity contribution is 9.47. The third kappa shape index (κ3) is 8.95. The Morgan fingerprint density at radius 2 is 1.11 bits per heavy atom. The number of benzene rings is 1. The van der Waals surface area contributed by atoms with Crippen LogP contribution in [0.25, 0.3) is 0 Å². The van der Waals surface area contributed by atoms with Crippen LogP contribution in [-0.4, -0.2) is 16.0 Å². The average molecular weight is 260 g/mol. The summed E-state index contributed by atoms with van der Waals surface area (Å²) in [5.41, 5.74) is 0. The fourth-order valence-corrected chi connectivity index (χ4v) is 0.304. The zero-order chi connectivity index (χ0) is 6.95. The highest BCUT2D eigenvalue weighted by atomic mass is 79.9. The second kappa shape index (κ2) is 8.95. The zero-order valence-corrected chi connectivity index (χ0v) is 9.36. The van der Waals surface area contributed by atoms with E-state index in [1.54, 1.807) is 0 Å². The molecule has 0 atom stereocenters. The predicted molar refractivity (Wildman–Crippen MR) is 47.7 cm³/mol. The Kier molecular flexibility index (Phi) is 9.89. The minimum atomic E-state index is 0.0417. The number of rotatable bonds is 0. The molecule has 0 saturated heterocycles. The average Bonchev–Trinajstić information content (AvgIpc) is 1.93. The van der Waals surface area contributed by atoms with Gasteiger partial charge in [0.15, 0.2) is 0 Å². The van der Waals surface area contributed by atoms with E-state index in [9.17, 15) is 0 Å². The van der Waals surface area contributed by atoms with E-state index in [0.29, 0.717) is 0 Å². The lowest BCUT2D eigenvalue weighted by Crippen LogP contribution is -1.50. The molecule has 0 spiro atoms. The van der Waals surface area contributed by atoms with Crippen LogP contribution in [0.5, 0.6) is 0 Å². The van der Waals surface area contributed by atoms with E-state index in [2.05, 4.69) is 37.9 Å². The summed E-state index contributed by atoms with van der Waals surface area (Å²) >= 11 is 6.44. The molecular weight excluding hydrogens is 256 g/mol. The molecule has 3 heteroatoms. The van der Waals surface area contributed by atoms with E-state index < -0.39 is 0 Å². The molecule has 0 aliphatic heterocycles. The molecule has 0 nitrogen and oxygen atoms in total. The van der Waals surface area contributed by atoms with Crippen molar-refractivity contribution in [3.63, 3.8) is 0 Å². The second-order valence-corrected chi connectivity index (χ2v) is 9.18. The second-order valence-electron chi connectivity index (χ2n) is 1.10. The molecule has 44 valence electrons. The molecule has 1 rings (SSSR count). The molecule has 0 bridgehead atoms. The zero-order valence-electron chi connectivity index (χ0n) is 4.77. The molecule has 9 heavy (non-hydrogen) atoms. The standard InChI is InChI=1S/C6H4.2BrH.Mg/c1-2-4-6-5-3-1;;;/h1-2,5-6H;2*1H;/q;;;+2/p-2. The van der Waals surface area contributed by atoms with Crippen LogP contribution < -0.4 is 0 Å². The largest absolute Gasteiger partial charge is 0.560 e. The summed E-state index contributed by atoms with van der Waals surface area (Å²) < 4.78 is 0. The summed E-state index contributed by atoms with van der Waals surface area (Å²) in [4.78, 5) is 0. The van der Waals surface area contributed by atoms with Crippen LogP contribution in [0, 0.1) is 12.1 Å². The predicted octanol–water partition coefficient (Wildman–Crippen LogP) is 2.60. The van der Waals surface area contributed by atoms with Crippen molar-refractivity contribution in [2.45, 2.75) is 0 Å². The van der Waals surface area contributed by atoms with E-state index in [1.807, 2.05) is 24.3 Å². The smallest absolute Gasteiger partial charge is 0.280 e. The maximum absolute atomic E-state index is 3.20. The van der Waals surface area contributed by atoms with E-state index in [1.165, 1.54) is 0 Å². The molecule has 0 saturated carbocycles. The summed E-state index contributed by atoms with van der Waals surface area (Å²) in [5.74, 6) is 0. The normalized spacial score (nSPS) is 6.44. The van der Waals surface area contributed by atoms with E-state index >= 15 is 0 Å². The monoisotopic (exact) mass is 258 g/mol. The van der Waals surface area contributed by atoms with Crippen LogP contribution in [0.3, 0.4) is 0 Å². The maximum atomic E-state index is 3.20. The third-order valence-electron chi connectivity index (χ3n) is 0.552. The van der Waals surface area contributed by atoms with E-state index in [0.717, 1.165) is 0 Å². The van der Waals surface area contributed by atoms with Crippen LogP contribution in [0.15, 0.2) is 24.3 Å². The molecule has 0 heterocycles. The molecule has 0 unspecified atom stereocenters. The van der Waals surface area contributed by atoms with Gasteiger partial charge >= 0.3 is 16.0 Å². The Balaban J connectivity index is 0.000000187. The van der Waals surface area contributed by atoms with Gasteiger partial charge in [0.2, 0.25) is 0 Å². The van der Waals surface area contributed by atoms with Crippen LogP contribution >= 0.6 is 25.8 Å². The Hall–Kier alpha value is 0.946. The van der Waals surface area contributed by atoms with Crippen molar-refractivity contribution in [1.29, 1.82) is 0 Å². The first-order valence-electron chi connectivity index (χ1n) is 2.36. The first-order valence-corrected chi connectivity index (χ1v) is 10.2. The highest BCUT2D eigenvalue weighted by Gasteiger charge is 1.62. The fourth-order valence-electron chi connectivity index (χ4n) is 0.304. The minimum absolute atomic E-state index is 0.0417. The van der Waals surface area contributed by atoms with Crippen molar-refractivity contribution in [2.75, 3.05) is 0 Å². The van der Waals surface area contributed by atoms with E-state index in [-0.39, 0.29) is 16.0 Å². The quantitative estimate of drug-likeness (QED) is 0.629. The van der Waals surface area contributed by atoms with E-state index in [4.69, 9.17) is 0 Å². The van der Waals surface area contributed by atoms with Gasteiger partial charge in [-0.2, -0.15) is 0 Å². The molecule has 1 aromatic rings. The van der Waals surface area contributed by atoms with Crippen molar-refractivity contribution in [1.82, 2.24) is 0 Å². The Labute approximate surface area is 77.5 Å². The Morgan fingerprint density at radius 3 is 1.22 bits per heavy atom. The van der Waals surface area contributed by atoms with Gasteiger partial charge in [-0.3, -0.25) is 25.8 Å². The van der Waals surface area contributed by atoms with Crippen molar-refractivity contribution in [3.05, 3.63) is 36.4 Å². The van der Waals surface area contributed by atoms with Gasteiger partial charge in [0.25, 0.3) is 0 Å². The topological polar surface area (TPSA) is 0 Å². The number of halogens is 2. The first-order chi connectivity index (χ1) is 4.41. The lowest BCUT2D eigenvalue weighted by atomic mass is 10.4. The van der Waals surface area contributed by atoms with Crippen LogP contribution in [0.1, 0.15) is 0 Å². The van der Waals surface area contributed by atoms with Crippen molar-refractivity contribution in [3.8, 4) is 0 Å². The van der Waals surface area contributed by atoms with Gasteiger partial charge in [-0.05, 0) is 12.1 Å². The number of hydrogen-bond acceptors (Lipinski definition) is 0. The van der Waals surface area contributed by atoms with Crippen molar-refractivity contribution >= 4 is 41.8 Å². The van der Waals surface area contributed by atoms with Gasteiger partial charge in [-0.15, -0.1) is 0 Å². The van der Waals surface area contributed by atoms with Crippen LogP contribution in [0.2, 0.25) is 0 Å². The molecular formula is C6H4Br2Mg. The summed E-state index contributed by atoms with van der Waals surface area (Å²) in [7, 11) is 0. The SMILES string of the molecule is [Br][Mg][Br].[c]1cc[c]cc1. The van der Waals surface area contributed by atoms with Crippen molar-refractivity contribution in [2.24, 2.45) is 0 Å². The molecule has 2 radical (unpaired) electrons. The molecule has 1 aromatic carbocycles. The summed E-state index contributed by atoms with van der Waals surface area (Å²) in [6, 6.07) is 13.0. The molecule has 0 aliphatic carbocycles. The van der Waals surface area contributed by atoms with Crippen LogP contribution in [0.4, 0.5) is 0 Å². The first kappa shape index (κ1) is 9.95. The highest BCUT2D eigenvalue weighted by Crippen LogP contribution is 1.78. The molecule has 0 aliphatic rings. The molecule has 0 N–H and O–H groups in total. The van der Waals surface area contributed by atoms with Gasteiger partial charge in [-0.1, -0.05) is 24.3 Å². The number of hydrogen-bond donors (Lipinski definition) is 0. The Bertz CT molecular complexity index is 93.9. The van der Waals surface area contributed by atoms with Gasteiger partial charge in [-0.25, -0.2) is 0 Å². The fraction of sp³-hybridized carbons (Fsp3) is 0. The Morgan fingerprint density at radius 1 is 0.889 bits per heavy atom. The van der Waals surface area contributed by atoms with Gasteiger partial charge in [0.1, 0.15) is 0 Å². The molecule has 0 fully saturated rings. The summed E-state index contributed by atoms with van der Waals surface area (Å²) in [6.07, 6.45) is 0. The summed E-state index contributed by atoms with van der Waals surface area (Å²) in [5, 5.41) is 0. The van der Waals surface area contributed by atoms with Gasteiger partial charge in [0.05, 0.1) is 0 Å². The van der Waals surface area contributed by atoms with Gasteiger partial charge < -0.3 is 0 Å². The lowest BCUT2D eigenvalue weighted by molar-refractivity contribution is 1.68. The lowest BCUT2D eigenvalue weighted by Gasteiger charge is -1.67. The maximum Gasteiger partial charge on any atom is 0.560 e.